The fourth-order valence-electron chi connectivity index (χ4n) is 4.93. The lowest BCUT2D eigenvalue weighted by Gasteiger charge is -2.39. The fraction of sp³-hybridized carbons (Fsp3) is 0.500. The number of rotatable bonds is 4. The van der Waals surface area contributed by atoms with Crippen molar-refractivity contribution in [3.8, 4) is 0 Å². The number of aromatic amines is 1. The monoisotopic (exact) mass is 449 g/mol. The van der Waals surface area contributed by atoms with Gasteiger partial charge in [0.25, 0.3) is 0 Å². The summed E-state index contributed by atoms with van der Waals surface area (Å²) in [6, 6.07) is 10.4. The Kier molecular flexibility index (Phi) is 5.34. The fourth-order valence-corrected chi connectivity index (χ4v) is 4.93. The maximum atomic E-state index is 12.7. The molecule has 0 spiro atoms. The van der Waals surface area contributed by atoms with Gasteiger partial charge in [0.15, 0.2) is 5.82 Å². The van der Waals surface area contributed by atoms with Crippen LogP contribution in [-0.4, -0.2) is 54.9 Å². The first-order valence-electron chi connectivity index (χ1n) is 11.6. The van der Waals surface area contributed by atoms with E-state index in [1.165, 1.54) is 0 Å². The van der Waals surface area contributed by atoms with Gasteiger partial charge in [0, 0.05) is 35.3 Å². The lowest BCUT2D eigenvalue weighted by atomic mass is 9.98. The molecule has 174 valence electrons. The van der Waals surface area contributed by atoms with E-state index in [2.05, 4.69) is 20.8 Å². The van der Waals surface area contributed by atoms with E-state index in [1.54, 1.807) is 0 Å². The second-order valence-electron chi connectivity index (χ2n) is 10.1. The van der Waals surface area contributed by atoms with Crippen LogP contribution < -0.4 is 10.6 Å². The molecule has 2 saturated heterocycles. The summed E-state index contributed by atoms with van der Waals surface area (Å²) in [7, 11) is 0. The van der Waals surface area contributed by atoms with Crippen molar-refractivity contribution in [2.24, 2.45) is 0 Å². The van der Waals surface area contributed by atoms with E-state index in [-0.39, 0.29) is 24.2 Å². The zero-order chi connectivity index (χ0) is 23.2. The van der Waals surface area contributed by atoms with Crippen molar-refractivity contribution in [3.63, 3.8) is 0 Å². The van der Waals surface area contributed by atoms with Gasteiger partial charge in [0.1, 0.15) is 11.4 Å². The summed E-state index contributed by atoms with van der Waals surface area (Å²) < 4.78 is 5.66. The SMILES string of the molecule is Cc1cc(Nc2nc(N[C@@H]3C[C@H]4CC[C@@H](C3)N4C(=O)OC(C)(C)C)nc3ccccc23)n[nH]1. The molecule has 3 aromatic rings. The van der Waals surface area contributed by atoms with Gasteiger partial charge in [0.05, 0.1) is 5.52 Å². The number of piperidine rings is 1. The van der Waals surface area contributed by atoms with E-state index in [1.807, 2.05) is 62.9 Å². The molecule has 5 rings (SSSR count). The Balaban J connectivity index is 1.34. The molecule has 0 aliphatic carbocycles. The highest BCUT2D eigenvalue weighted by Gasteiger charge is 2.45. The summed E-state index contributed by atoms with van der Waals surface area (Å²) in [6.45, 7) is 7.69. The molecular formula is C24H31N7O2. The molecule has 2 fully saturated rings. The number of anilines is 3. The van der Waals surface area contributed by atoms with Crippen LogP contribution in [0.3, 0.4) is 0 Å². The second-order valence-corrected chi connectivity index (χ2v) is 10.1. The normalized spacial score (nSPS) is 22.4. The first-order chi connectivity index (χ1) is 15.7. The second kappa shape index (κ2) is 8.20. The summed E-state index contributed by atoms with van der Waals surface area (Å²) >= 11 is 0. The summed E-state index contributed by atoms with van der Waals surface area (Å²) in [6.07, 6.45) is 3.52. The smallest absolute Gasteiger partial charge is 0.410 e. The minimum atomic E-state index is -0.485. The van der Waals surface area contributed by atoms with Gasteiger partial charge in [-0.25, -0.2) is 9.78 Å². The van der Waals surface area contributed by atoms with Gasteiger partial charge >= 0.3 is 6.09 Å². The highest BCUT2D eigenvalue weighted by atomic mass is 16.6. The van der Waals surface area contributed by atoms with E-state index in [9.17, 15) is 4.79 Å². The van der Waals surface area contributed by atoms with Crippen molar-refractivity contribution in [2.45, 2.75) is 77.1 Å². The number of hydrogen-bond donors (Lipinski definition) is 3. The molecule has 1 aromatic carbocycles. The van der Waals surface area contributed by atoms with Crippen LogP contribution in [0.25, 0.3) is 10.9 Å². The third-order valence-electron chi connectivity index (χ3n) is 6.23. The number of hydrogen-bond acceptors (Lipinski definition) is 7. The van der Waals surface area contributed by atoms with Crippen molar-refractivity contribution in [1.82, 2.24) is 25.1 Å². The summed E-state index contributed by atoms with van der Waals surface area (Å²) in [4.78, 5) is 24.2. The zero-order valence-corrected chi connectivity index (χ0v) is 19.6. The largest absolute Gasteiger partial charge is 0.444 e. The molecule has 4 heterocycles. The molecule has 9 nitrogen and oxygen atoms in total. The van der Waals surface area contributed by atoms with Crippen LogP contribution in [0, 0.1) is 6.92 Å². The van der Waals surface area contributed by atoms with Crippen LogP contribution >= 0.6 is 0 Å². The number of H-pyrrole nitrogens is 1. The minimum Gasteiger partial charge on any atom is -0.444 e. The van der Waals surface area contributed by atoms with Crippen LogP contribution in [0.15, 0.2) is 30.3 Å². The minimum absolute atomic E-state index is 0.182. The molecule has 0 unspecified atom stereocenters. The van der Waals surface area contributed by atoms with Crippen molar-refractivity contribution < 1.29 is 9.53 Å². The van der Waals surface area contributed by atoms with Gasteiger partial charge in [-0.3, -0.25) is 5.10 Å². The van der Waals surface area contributed by atoms with Crippen molar-refractivity contribution in [2.75, 3.05) is 10.6 Å². The predicted molar refractivity (Wildman–Crippen MR) is 128 cm³/mol. The average Bonchev–Trinajstić information content (AvgIpc) is 3.27. The van der Waals surface area contributed by atoms with Crippen molar-refractivity contribution >= 4 is 34.6 Å². The number of para-hydroxylation sites is 1. The molecule has 0 radical (unpaired) electrons. The third kappa shape index (κ3) is 4.58. The van der Waals surface area contributed by atoms with Gasteiger partial charge < -0.3 is 20.3 Å². The predicted octanol–water partition coefficient (Wildman–Crippen LogP) is 4.75. The number of nitrogens with one attached hydrogen (secondary N) is 3. The third-order valence-corrected chi connectivity index (χ3v) is 6.23. The number of fused-ring (bicyclic) bond motifs is 3. The lowest BCUT2D eigenvalue weighted by Crippen LogP contribution is -2.51. The van der Waals surface area contributed by atoms with E-state index < -0.39 is 5.60 Å². The van der Waals surface area contributed by atoms with Crippen molar-refractivity contribution in [3.05, 3.63) is 36.0 Å². The number of ether oxygens (including phenoxy) is 1. The van der Waals surface area contributed by atoms with Gasteiger partial charge in [-0.05, 0) is 65.5 Å². The molecule has 0 saturated carbocycles. The van der Waals surface area contributed by atoms with Gasteiger partial charge in [-0.1, -0.05) is 12.1 Å². The number of carbonyl (C=O) groups excluding carboxylic acids is 1. The number of carbonyl (C=O) groups is 1. The maximum Gasteiger partial charge on any atom is 0.410 e. The van der Waals surface area contributed by atoms with Gasteiger partial charge in [-0.15, -0.1) is 0 Å². The Morgan fingerprint density at radius 2 is 1.88 bits per heavy atom. The van der Waals surface area contributed by atoms with E-state index in [4.69, 9.17) is 14.7 Å². The molecule has 9 heteroatoms. The first kappa shape index (κ1) is 21.5. The number of amides is 1. The Hall–Kier alpha value is -3.36. The molecule has 2 aromatic heterocycles. The van der Waals surface area contributed by atoms with Crippen LogP contribution in [0.2, 0.25) is 0 Å². The van der Waals surface area contributed by atoms with E-state index in [0.717, 1.165) is 42.3 Å². The Bertz CT molecular complexity index is 1160. The molecule has 3 atom stereocenters. The zero-order valence-electron chi connectivity index (χ0n) is 19.6. The quantitative estimate of drug-likeness (QED) is 0.527. The maximum absolute atomic E-state index is 12.7. The van der Waals surface area contributed by atoms with E-state index in [0.29, 0.717) is 17.6 Å². The summed E-state index contributed by atoms with van der Waals surface area (Å²) in [5, 5.41) is 15.0. The highest BCUT2D eigenvalue weighted by Crippen LogP contribution is 2.38. The van der Waals surface area contributed by atoms with Gasteiger partial charge in [-0.2, -0.15) is 10.1 Å². The van der Waals surface area contributed by atoms with Crippen LogP contribution in [0.4, 0.5) is 22.4 Å². The summed E-state index contributed by atoms with van der Waals surface area (Å²) in [5.41, 5.74) is 1.35. The number of aryl methyl sites for hydroxylation is 1. The van der Waals surface area contributed by atoms with Gasteiger partial charge in [0.2, 0.25) is 5.95 Å². The van der Waals surface area contributed by atoms with Crippen LogP contribution in [0.1, 0.15) is 52.1 Å². The highest BCUT2D eigenvalue weighted by molar-refractivity contribution is 5.91. The first-order valence-corrected chi connectivity index (χ1v) is 11.6. The van der Waals surface area contributed by atoms with Crippen molar-refractivity contribution in [1.29, 1.82) is 0 Å². The lowest BCUT2D eigenvalue weighted by molar-refractivity contribution is 0.00682. The molecule has 3 N–H and O–H groups in total. The topological polar surface area (TPSA) is 108 Å². The van der Waals surface area contributed by atoms with Crippen LogP contribution in [-0.2, 0) is 4.74 Å². The molecule has 2 aliphatic heterocycles. The Labute approximate surface area is 193 Å². The number of aromatic nitrogens is 4. The molecule has 2 aliphatic rings. The van der Waals surface area contributed by atoms with E-state index >= 15 is 0 Å². The molecule has 33 heavy (non-hydrogen) atoms. The summed E-state index contributed by atoms with van der Waals surface area (Å²) in [5.74, 6) is 2.01. The molecule has 1 amide bonds. The molecular weight excluding hydrogens is 418 g/mol. The Morgan fingerprint density at radius 3 is 2.55 bits per heavy atom. The molecule has 2 bridgehead atoms. The number of nitrogens with zero attached hydrogens (tertiary/aromatic N) is 4. The Morgan fingerprint density at radius 1 is 1.15 bits per heavy atom. The standard InChI is InChI=1S/C24H31N7O2/c1-14-11-20(30-29-14)27-21-18-7-5-6-8-19(18)26-22(28-21)25-15-12-16-9-10-17(13-15)31(16)23(32)33-24(2,3)4/h5-8,11,15-17H,9-10,12-13H2,1-4H3,(H3,25,26,27,28,29,30)/t15-,16-,17+. The average molecular weight is 450 g/mol. The number of benzene rings is 1. The van der Waals surface area contributed by atoms with Crippen LogP contribution in [0.5, 0.6) is 0 Å².